The van der Waals surface area contributed by atoms with Crippen LogP contribution in [0.1, 0.15) is 36.0 Å². The Kier molecular flexibility index (Phi) is 4.54. The topological polar surface area (TPSA) is 60.9 Å². The summed E-state index contributed by atoms with van der Waals surface area (Å²) in [5.41, 5.74) is -1.34. The van der Waals surface area contributed by atoms with Gasteiger partial charge in [-0.25, -0.2) is 8.78 Å². The van der Waals surface area contributed by atoms with Gasteiger partial charge in [0, 0.05) is 19.6 Å². The number of β-amino-alcohol motifs (C(OH)–C–C–N with tert-alkyl or cyclic N) is 1. The molecule has 0 aromatic heterocycles. The van der Waals surface area contributed by atoms with E-state index in [0.29, 0.717) is 38.8 Å². The van der Waals surface area contributed by atoms with Gasteiger partial charge < -0.3 is 14.9 Å². The van der Waals surface area contributed by atoms with Crippen molar-refractivity contribution in [3.63, 3.8) is 0 Å². The molecule has 2 saturated heterocycles. The van der Waals surface area contributed by atoms with Crippen LogP contribution in [-0.4, -0.2) is 58.5 Å². The Bertz CT molecular complexity index is 665. The second-order valence-corrected chi connectivity index (χ2v) is 6.34. The molecular formula is C17H20F2N2O3. The van der Waals surface area contributed by atoms with Gasteiger partial charge >= 0.3 is 0 Å². The van der Waals surface area contributed by atoms with Crippen molar-refractivity contribution in [2.45, 2.75) is 31.2 Å². The monoisotopic (exact) mass is 338 g/mol. The highest BCUT2D eigenvalue weighted by molar-refractivity contribution is 6.00. The second-order valence-electron chi connectivity index (χ2n) is 6.34. The summed E-state index contributed by atoms with van der Waals surface area (Å²) in [5.74, 6) is -2.34. The van der Waals surface area contributed by atoms with Gasteiger partial charge in [0.05, 0.1) is 12.2 Å². The van der Waals surface area contributed by atoms with Gasteiger partial charge in [0.2, 0.25) is 5.91 Å². The highest BCUT2D eigenvalue weighted by Crippen LogP contribution is 2.39. The number of hydrogen-bond donors (Lipinski definition) is 1. The van der Waals surface area contributed by atoms with Crippen molar-refractivity contribution in [2.75, 3.05) is 26.2 Å². The number of carbonyl (C=O) groups is 2. The summed E-state index contributed by atoms with van der Waals surface area (Å²) in [7, 11) is 0. The first kappa shape index (κ1) is 16.8. The first-order valence-electron chi connectivity index (χ1n) is 8.17. The van der Waals surface area contributed by atoms with E-state index < -0.39 is 23.1 Å². The summed E-state index contributed by atoms with van der Waals surface area (Å²) in [6.45, 7) is 0.955. The lowest BCUT2D eigenvalue weighted by Crippen LogP contribution is -2.61. The van der Waals surface area contributed by atoms with E-state index >= 15 is 0 Å². The third-order valence-corrected chi connectivity index (χ3v) is 4.97. The van der Waals surface area contributed by atoms with E-state index in [1.807, 2.05) is 0 Å². The van der Waals surface area contributed by atoms with E-state index in [9.17, 15) is 18.4 Å². The van der Waals surface area contributed by atoms with Gasteiger partial charge in [-0.05, 0) is 43.9 Å². The molecule has 1 unspecified atom stereocenters. The Morgan fingerprint density at radius 3 is 2.62 bits per heavy atom. The zero-order valence-electron chi connectivity index (χ0n) is 13.3. The number of aliphatic hydroxyl groups is 1. The zero-order valence-corrected chi connectivity index (χ0v) is 13.3. The van der Waals surface area contributed by atoms with E-state index in [-0.39, 0.29) is 24.6 Å². The van der Waals surface area contributed by atoms with Crippen molar-refractivity contribution < 1.29 is 23.5 Å². The molecule has 0 aliphatic carbocycles. The molecule has 5 nitrogen and oxygen atoms in total. The molecule has 2 amide bonds. The maximum absolute atomic E-state index is 14.0. The van der Waals surface area contributed by atoms with E-state index in [0.717, 1.165) is 18.2 Å². The molecule has 1 spiro atoms. The Morgan fingerprint density at radius 2 is 1.92 bits per heavy atom. The molecule has 3 rings (SSSR count). The fourth-order valence-electron chi connectivity index (χ4n) is 3.86. The Balaban J connectivity index is 1.93. The molecule has 1 atom stereocenters. The summed E-state index contributed by atoms with van der Waals surface area (Å²) >= 11 is 0. The predicted octanol–water partition coefficient (Wildman–Crippen LogP) is 1.55. The number of benzene rings is 1. The minimum Gasteiger partial charge on any atom is -0.395 e. The van der Waals surface area contributed by atoms with Gasteiger partial charge in [-0.1, -0.05) is 0 Å². The number of amides is 2. The predicted molar refractivity (Wildman–Crippen MR) is 82.3 cm³/mol. The molecule has 1 aromatic carbocycles. The molecule has 2 aliphatic heterocycles. The third kappa shape index (κ3) is 2.66. The molecule has 2 fully saturated rings. The normalized spacial score (nSPS) is 24.0. The largest absolute Gasteiger partial charge is 0.395 e. The van der Waals surface area contributed by atoms with Crippen LogP contribution >= 0.6 is 0 Å². The van der Waals surface area contributed by atoms with Crippen LogP contribution in [0, 0.1) is 11.6 Å². The fourth-order valence-corrected chi connectivity index (χ4v) is 3.86. The van der Waals surface area contributed by atoms with E-state index in [1.165, 1.54) is 4.90 Å². The average Bonchev–Trinajstić information content (AvgIpc) is 2.98. The summed E-state index contributed by atoms with van der Waals surface area (Å²) in [6, 6.07) is 2.76. The van der Waals surface area contributed by atoms with Crippen LogP contribution in [0.2, 0.25) is 0 Å². The SMILES string of the molecule is O=C(c1cc(F)ccc1F)N1CCCC12CCCN(CCO)C2=O. The van der Waals surface area contributed by atoms with E-state index in [1.54, 1.807) is 4.90 Å². The zero-order chi connectivity index (χ0) is 17.3. The Hall–Kier alpha value is -2.02. The minimum atomic E-state index is -0.997. The van der Waals surface area contributed by atoms with Crippen LogP contribution in [0.3, 0.4) is 0 Å². The quantitative estimate of drug-likeness (QED) is 0.910. The molecule has 0 radical (unpaired) electrons. The number of nitrogens with zero attached hydrogens (tertiary/aromatic N) is 2. The minimum absolute atomic E-state index is 0.145. The maximum Gasteiger partial charge on any atom is 0.257 e. The lowest BCUT2D eigenvalue weighted by molar-refractivity contribution is -0.146. The molecule has 2 aliphatic rings. The van der Waals surface area contributed by atoms with Crippen molar-refractivity contribution in [2.24, 2.45) is 0 Å². The molecule has 130 valence electrons. The first-order chi connectivity index (χ1) is 11.5. The molecule has 24 heavy (non-hydrogen) atoms. The van der Waals surface area contributed by atoms with Crippen molar-refractivity contribution >= 4 is 11.8 Å². The number of hydrogen-bond acceptors (Lipinski definition) is 3. The van der Waals surface area contributed by atoms with Crippen LogP contribution in [0.5, 0.6) is 0 Å². The molecule has 7 heteroatoms. The average molecular weight is 338 g/mol. The smallest absolute Gasteiger partial charge is 0.257 e. The van der Waals surface area contributed by atoms with Crippen LogP contribution in [0.15, 0.2) is 18.2 Å². The van der Waals surface area contributed by atoms with Crippen molar-refractivity contribution in [3.05, 3.63) is 35.4 Å². The summed E-state index contributed by atoms with van der Waals surface area (Å²) < 4.78 is 27.4. The molecule has 1 N–H and O–H groups in total. The van der Waals surface area contributed by atoms with Crippen LogP contribution < -0.4 is 0 Å². The summed E-state index contributed by atoms with van der Waals surface area (Å²) in [5, 5.41) is 9.12. The van der Waals surface area contributed by atoms with Gasteiger partial charge in [0.25, 0.3) is 5.91 Å². The van der Waals surface area contributed by atoms with Gasteiger partial charge in [-0.15, -0.1) is 0 Å². The second kappa shape index (κ2) is 6.47. The number of piperidine rings is 1. The number of likely N-dealkylation sites (tertiary alicyclic amines) is 2. The standard InChI is InChI=1S/C17H20F2N2O3/c18-12-3-4-14(19)13(11-12)15(23)21-8-2-6-17(21)5-1-7-20(9-10-22)16(17)24/h3-4,11,22H,1-2,5-10H2. The van der Waals surface area contributed by atoms with E-state index in [4.69, 9.17) is 5.11 Å². The lowest BCUT2D eigenvalue weighted by Gasteiger charge is -2.44. The Labute approximate surface area is 138 Å². The fraction of sp³-hybridized carbons (Fsp3) is 0.529. The highest BCUT2D eigenvalue weighted by atomic mass is 19.1. The van der Waals surface area contributed by atoms with Crippen molar-refractivity contribution in [1.29, 1.82) is 0 Å². The molecule has 2 heterocycles. The van der Waals surface area contributed by atoms with Crippen LogP contribution in [0.4, 0.5) is 8.78 Å². The first-order valence-corrected chi connectivity index (χ1v) is 8.17. The van der Waals surface area contributed by atoms with E-state index in [2.05, 4.69) is 0 Å². The lowest BCUT2D eigenvalue weighted by atomic mass is 9.85. The number of rotatable bonds is 3. The summed E-state index contributed by atoms with van der Waals surface area (Å²) in [4.78, 5) is 28.6. The Morgan fingerprint density at radius 1 is 1.21 bits per heavy atom. The number of halogens is 2. The van der Waals surface area contributed by atoms with Crippen LogP contribution in [0.25, 0.3) is 0 Å². The maximum atomic E-state index is 14.0. The molecule has 0 bridgehead atoms. The van der Waals surface area contributed by atoms with Gasteiger partial charge in [0.15, 0.2) is 0 Å². The number of aliphatic hydroxyl groups excluding tert-OH is 1. The van der Waals surface area contributed by atoms with Crippen molar-refractivity contribution in [1.82, 2.24) is 9.80 Å². The van der Waals surface area contributed by atoms with Gasteiger partial charge in [-0.3, -0.25) is 9.59 Å². The molecular weight excluding hydrogens is 318 g/mol. The highest BCUT2D eigenvalue weighted by Gasteiger charge is 2.52. The molecule has 0 saturated carbocycles. The number of carbonyl (C=O) groups excluding carboxylic acids is 2. The van der Waals surface area contributed by atoms with Gasteiger partial charge in [-0.2, -0.15) is 0 Å². The molecule has 1 aromatic rings. The van der Waals surface area contributed by atoms with Gasteiger partial charge in [0.1, 0.15) is 17.2 Å². The van der Waals surface area contributed by atoms with Crippen LogP contribution in [-0.2, 0) is 4.79 Å². The third-order valence-electron chi connectivity index (χ3n) is 4.97. The van der Waals surface area contributed by atoms with Crippen molar-refractivity contribution in [3.8, 4) is 0 Å². The summed E-state index contributed by atoms with van der Waals surface area (Å²) in [6.07, 6.45) is 2.37.